The van der Waals surface area contributed by atoms with Crippen LogP contribution in [0.1, 0.15) is 12.0 Å². The Morgan fingerprint density at radius 2 is 2.07 bits per heavy atom. The summed E-state index contributed by atoms with van der Waals surface area (Å²) in [5.74, 6) is 0.382. The largest absolute Gasteiger partial charge is 0.394 e. The summed E-state index contributed by atoms with van der Waals surface area (Å²) in [6.07, 6.45) is -0.407. The summed E-state index contributed by atoms with van der Waals surface area (Å²) in [6, 6.07) is 7.49. The van der Waals surface area contributed by atoms with Gasteiger partial charge in [-0.1, -0.05) is 18.2 Å². The topological polar surface area (TPSA) is 57.5 Å². The molecule has 0 spiro atoms. The molecule has 0 aliphatic rings. The Hall–Kier alpha value is -0.710. The van der Waals surface area contributed by atoms with Gasteiger partial charge in [0.05, 0.1) is 23.5 Å². The van der Waals surface area contributed by atoms with Crippen LogP contribution in [-0.2, 0) is 10.8 Å². The van der Waals surface area contributed by atoms with Crippen LogP contribution in [0.2, 0.25) is 0 Å². The van der Waals surface area contributed by atoms with Crippen molar-refractivity contribution in [1.29, 1.82) is 0 Å². The molecule has 2 N–H and O–H groups in total. The number of hydrogen-bond donors (Lipinski definition) is 2. The molecule has 0 radical (unpaired) electrons. The minimum atomic E-state index is -1.09. The van der Waals surface area contributed by atoms with E-state index in [1.165, 1.54) is 0 Å². The monoisotopic (exact) mass is 228 g/mol. The molecule has 3 nitrogen and oxygen atoms in total. The van der Waals surface area contributed by atoms with Crippen molar-refractivity contribution in [1.82, 2.24) is 0 Å². The molecule has 0 saturated carbocycles. The number of hydrogen-bond acceptors (Lipinski definition) is 3. The van der Waals surface area contributed by atoms with E-state index >= 15 is 0 Å². The predicted molar refractivity (Wildman–Crippen MR) is 60.2 cm³/mol. The van der Waals surface area contributed by atoms with Crippen molar-refractivity contribution in [2.75, 3.05) is 12.4 Å². The summed E-state index contributed by atoms with van der Waals surface area (Å²) in [5, 5.41) is 17.8. The summed E-state index contributed by atoms with van der Waals surface area (Å²) in [6.45, 7) is 1.64. The Morgan fingerprint density at radius 1 is 1.40 bits per heavy atom. The van der Waals surface area contributed by atoms with Crippen LogP contribution in [0.15, 0.2) is 29.2 Å². The van der Waals surface area contributed by atoms with Crippen LogP contribution in [0.3, 0.4) is 0 Å². The third kappa shape index (κ3) is 3.74. The van der Waals surface area contributed by atoms with Crippen molar-refractivity contribution < 1.29 is 14.4 Å². The Morgan fingerprint density at radius 3 is 2.67 bits per heavy atom. The molecule has 0 saturated heterocycles. The van der Waals surface area contributed by atoms with Crippen molar-refractivity contribution >= 4 is 10.8 Å². The lowest BCUT2D eigenvalue weighted by atomic mass is 10.2. The van der Waals surface area contributed by atoms with Crippen molar-refractivity contribution in [3.63, 3.8) is 0 Å². The molecule has 1 aromatic rings. The molecule has 1 aromatic carbocycles. The van der Waals surface area contributed by atoms with Crippen molar-refractivity contribution in [3.8, 4) is 0 Å². The molecule has 0 aliphatic carbocycles. The summed E-state index contributed by atoms with van der Waals surface area (Å²) in [5.41, 5.74) is 0.995. The summed E-state index contributed by atoms with van der Waals surface area (Å²) in [4.78, 5) is 0.808. The molecule has 0 amide bonds. The van der Waals surface area contributed by atoms with Gasteiger partial charge in [0.2, 0.25) is 0 Å². The zero-order chi connectivity index (χ0) is 11.3. The number of benzene rings is 1. The van der Waals surface area contributed by atoms with Gasteiger partial charge in [-0.15, -0.1) is 0 Å². The quantitative estimate of drug-likeness (QED) is 0.785. The number of aliphatic hydroxyl groups excluding tert-OH is 2. The van der Waals surface area contributed by atoms with Crippen LogP contribution in [-0.4, -0.2) is 32.9 Å². The SMILES string of the molecule is Cc1ccccc1S(=O)CCC(O)CO. The minimum absolute atomic E-state index is 0.273. The zero-order valence-corrected chi connectivity index (χ0v) is 9.54. The van der Waals surface area contributed by atoms with E-state index in [1.54, 1.807) is 0 Å². The Labute approximate surface area is 92.2 Å². The van der Waals surface area contributed by atoms with Gasteiger partial charge in [0.25, 0.3) is 0 Å². The van der Waals surface area contributed by atoms with E-state index in [4.69, 9.17) is 10.2 Å². The van der Waals surface area contributed by atoms with E-state index in [0.29, 0.717) is 12.2 Å². The third-order valence-corrected chi connectivity index (χ3v) is 3.74. The van der Waals surface area contributed by atoms with Gasteiger partial charge in [0.1, 0.15) is 0 Å². The molecule has 2 unspecified atom stereocenters. The van der Waals surface area contributed by atoms with Gasteiger partial charge in [-0.25, -0.2) is 0 Å². The fraction of sp³-hybridized carbons (Fsp3) is 0.455. The van der Waals surface area contributed by atoms with Gasteiger partial charge in [0.15, 0.2) is 0 Å². The molecule has 0 aromatic heterocycles. The van der Waals surface area contributed by atoms with Crippen molar-refractivity contribution in [2.45, 2.75) is 24.3 Å². The lowest BCUT2D eigenvalue weighted by Gasteiger charge is -2.08. The fourth-order valence-corrected chi connectivity index (χ4v) is 2.62. The minimum Gasteiger partial charge on any atom is -0.394 e. The van der Waals surface area contributed by atoms with Gasteiger partial charge >= 0.3 is 0 Å². The first kappa shape index (κ1) is 12.4. The van der Waals surface area contributed by atoms with E-state index < -0.39 is 16.9 Å². The summed E-state index contributed by atoms with van der Waals surface area (Å²) >= 11 is 0. The molecule has 15 heavy (non-hydrogen) atoms. The van der Waals surface area contributed by atoms with Crippen LogP contribution in [0, 0.1) is 6.92 Å². The third-order valence-electron chi connectivity index (χ3n) is 2.19. The number of aryl methyl sites for hydroxylation is 1. The van der Waals surface area contributed by atoms with Crippen LogP contribution < -0.4 is 0 Å². The molecule has 0 aliphatic heterocycles. The molecule has 84 valence electrons. The molecule has 2 atom stereocenters. The average molecular weight is 228 g/mol. The van der Waals surface area contributed by atoms with Crippen molar-refractivity contribution in [2.24, 2.45) is 0 Å². The van der Waals surface area contributed by atoms with Gasteiger partial charge < -0.3 is 10.2 Å². The summed E-state index contributed by atoms with van der Waals surface area (Å²) in [7, 11) is -1.09. The van der Waals surface area contributed by atoms with E-state index in [1.807, 2.05) is 31.2 Å². The van der Waals surface area contributed by atoms with Crippen LogP contribution in [0.25, 0.3) is 0 Å². The molecule has 0 fully saturated rings. The highest BCUT2D eigenvalue weighted by Gasteiger charge is 2.09. The molecular weight excluding hydrogens is 212 g/mol. The first-order valence-corrected chi connectivity index (χ1v) is 6.20. The highest BCUT2D eigenvalue weighted by molar-refractivity contribution is 7.85. The van der Waals surface area contributed by atoms with E-state index in [0.717, 1.165) is 10.5 Å². The standard InChI is InChI=1S/C11H16O3S/c1-9-4-2-3-5-11(9)15(14)7-6-10(13)8-12/h2-5,10,12-13H,6-8H2,1H3. The van der Waals surface area contributed by atoms with E-state index in [2.05, 4.69) is 0 Å². The Kier molecular flexibility index (Phi) is 4.94. The average Bonchev–Trinajstić information content (AvgIpc) is 2.26. The second kappa shape index (κ2) is 6.00. The second-order valence-electron chi connectivity index (χ2n) is 3.44. The Balaban J connectivity index is 2.58. The highest BCUT2D eigenvalue weighted by Crippen LogP contribution is 2.13. The van der Waals surface area contributed by atoms with Crippen LogP contribution >= 0.6 is 0 Å². The lowest BCUT2D eigenvalue weighted by Crippen LogP contribution is -2.15. The predicted octanol–water partition coefficient (Wildman–Crippen LogP) is 0.846. The molecular formula is C11H16O3S. The fourth-order valence-electron chi connectivity index (χ4n) is 1.26. The molecule has 4 heteroatoms. The molecule has 1 rings (SSSR count). The van der Waals surface area contributed by atoms with Crippen LogP contribution in [0.5, 0.6) is 0 Å². The normalized spacial score (nSPS) is 14.9. The maximum absolute atomic E-state index is 11.8. The van der Waals surface area contributed by atoms with Gasteiger partial charge in [-0.2, -0.15) is 0 Å². The van der Waals surface area contributed by atoms with Gasteiger partial charge in [0, 0.05) is 10.6 Å². The van der Waals surface area contributed by atoms with Gasteiger partial charge in [-0.3, -0.25) is 4.21 Å². The lowest BCUT2D eigenvalue weighted by molar-refractivity contribution is 0.0930. The van der Waals surface area contributed by atoms with E-state index in [-0.39, 0.29) is 6.61 Å². The first-order valence-electron chi connectivity index (χ1n) is 4.88. The van der Waals surface area contributed by atoms with Gasteiger partial charge in [-0.05, 0) is 25.0 Å². The second-order valence-corrected chi connectivity index (χ2v) is 4.98. The molecule has 0 bridgehead atoms. The van der Waals surface area contributed by atoms with Crippen LogP contribution in [0.4, 0.5) is 0 Å². The maximum Gasteiger partial charge on any atom is 0.0779 e. The van der Waals surface area contributed by atoms with Crippen molar-refractivity contribution in [3.05, 3.63) is 29.8 Å². The molecule has 0 heterocycles. The van der Waals surface area contributed by atoms with E-state index in [9.17, 15) is 4.21 Å². The number of aliphatic hydroxyl groups is 2. The number of rotatable bonds is 5. The zero-order valence-electron chi connectivity index (χ0n) is 8.72. The highest BCUT2D eigenvalue weighted by atomic mass is 32.2. The maximum atomic E-state index is 11.8. The first-order chi connectivity index (χ1) is 7.15. The Bertz CT molecular complexity index is 338. The summed E-state index contributed by atoms with van der Waals surface area (Å²) < 4.78 is 11.8. The smallest absolute Gasteiger partial charge is 0.0779 e.